The van der Waals surface area contributed by atoms with Crippen LogP contribution < -0.4 is 0 Å². The van der Waals surface area contributed by atoms with Crippen molar-refractivity contribution in [1.29, 1.82) is 0 Å². The maximum Gasteiger partial charge on any atom is 0.376 e. The third kappa shape index (κ3) is 7.04. The van der Waals surface area contributed by atoms with Gasteiger partial charge in [-0.25, -0.2) is 9.18 Å². The first-order valence-corrected chi connectivity index (χ1v) is 8.11. The SMILES string of the molecule is CCCCOC(=O)C(F)P(=O)(OC(C)C)OC(C)C. The molecule has 7 heteroatoms. The molecule has 0 bridgehead atoms. The van der Waals surface area contributed by atoms with Crippen molar-refractivity contribution >= 4 is 13.6 Å². The first-order chi connectivity index (χ1) is 8.73. The summed E-state index contributed by atoms with van der Waals surface area (Å²) in [5.74, 6) is -3.60. The maximum atomic E-state index is 14.0. The van der Waals surface area contributed by atoms with Gasteiger partial charge in [0.05, 0.1) is 18.8 Å². The van der Waals surface area contributed by atoms with Gasteiger partial charge >= 0.3 is 13.6 Å². The molecule has 0 heterocycles. The molecule has 0 radical (unpaired) electrons. The summed E-state index contributed by atoms with van der Waals surface area (Å²) in [5, 5.41) is 0. The van der Waals surface area contributed by atoms with Crippen LogP contribution in [-0.4, -0.2) is 30.7 Å². The molecule has 0 aromatic rings. The van der Waals surface area contributed by atoms with Crippen LogP contribution >= 0.6 is 7.60 Å². The predicted octanol–water partition coefficient (Wildman–Crippen LogP) is 3.67. The van der Waals surface area contributed by atoms with Crippen LogP contribution in [0.25, 0.3) is 0 Å². The number of carbonyl (C=O) groups excluding carboxylic acids is 1. The molecule has 5 nitrogen and oxygen atoms in total. The molecule has 0 amide bonds. The Morgan fingerprint density at radius 1 is 1.16 bits per heavy atom. The van der Waals surface area contributed by atoms with E-state index >= 15 is 0 Å². The van der Waals surface area contributed by atoms with Gasteiger partial charge in [0.15, 0.2) is 0 Å². The minimum absolute atomic E-state index is 0.0963. The lowest BCUT2D eigenvalue weighted by Crippen LogP contribution is -2.24. The van der Waals surface area contributed by atoms with Crippen LogP contribution in [0.5, 0.6) is 0 Å². The van der Waals surface area contributed by atoms with Crippen molar-refractivity contribution in [3.05, 3.63) is 0 Å². The van der Waals surface area contributed by atoms with Crippen molar-refractivity contribution in [2.75, 3.05) is 6.61 Å². The fraction of sp³-hybridized carbons (Fsp3) is 0.917. The summed E-state index contributed by atoms with van der Waals surface area (Å²) < 4.78 is 41.0. The number of unbranched alkanes of at least 4 members (excludes halogenated alkanes) is 1. The zero-order valence-electron chi connectivity index (χ0n) is 12.2. The Morgan fingerprint density at radius 2 is 1.63 bits per heavy atom. The molecule has 0 rings (SSSR count). The fourth-order valence-corrected chi connectivity index (χ4v) is 3.01. The second-order valence-corrected chi connectivity index (χ2v) is 6.66. The largest absolute Gasteiger partial charge is 0.463 e. The average Bonchev–Trinajstić information content (AvgIpc) is 2.25. The molecular formula is C12H24FO5P. The van der Waals surface area contributed by atoms with E-state index in [1.807, 2.05) is 6.92 Å². The molecule has 0 aliphatic heterocycles. The molecule has 114 valence electrons. The molecule has 1 unspecified atom stereocenters. The van der Waals surface area contributed by atoms with Crippen LogP contribution in [0, 0.1) is 0 Å². The summed E-state index contributed by atoms with van der Waals surface area (Å²) in [7, 11) is -4.17. The quantitative estimate of drug-likeness (QED) is 0.369. The van der Waals surface area contributed by atoms with E-state index in [-0.39, 0.29) is 6.61 Å². The molecule has 0 saturated heterocycles. The Hall–Kier alpha value is -0.450. The van der Waals surface area contributed by atoms with E-state index in [1.165, 1.54) is 0 Å². The van der Waals surface area contributed by atoms with Crippen molar-refractivity contribution in [2.24, 2.45) is 0 Å². The van der Waals surface area contributed by atoms with Crippen molar-refractivity contribution in [3.63, 3.8) is 0 Å². The Balaban J connectivity index is 4.74. The van der Waals surface area contributed by atoms with Gasteiger partial charge in [-0.1, -0.05) is 13.3 Å². The van der Waals surface area contributed by atoms with Crippen LogP contribution in [0.15, 0.2) is 0 Å². The highest BCUT2D eigenvalue weighted by molar-refractivity contribution is 7.55. The van der Waals surface area contributed by atoms with E-state index in [4.69, 9.17) is 13.8 Å². The van der Waals surface area contributed by atoms with Gasteiger partial charge in [-0.15, -0.1) is 0 Å². The number of ether oxygens (including phenoxy) is 1. The zero-order valence-corrected chi connectivity index (χ0v) is 13.1. The van der Waals surface area contributed by atoms with Crippen LogP contribution in [0.4, 0.5) is 4.39 Å². The monoisotopic (exact) mass is 298 g/mol. The smallest absolute Gasteiger partial charge is 0.376 e. The number of halogens is 1. The van der Waals surface area contributed by atoms with Crippen LogP contribution in [-0.2, 0) is 23.1 Å². The molecule has 0 N–H and O–H groups in total. The van der Waals surface area contributed by atoms with E-state index in [2.05, 4.69) is 0 Å². The summed E-state index contributed by atoms with van der Waals surface area (Å²) in [6.45, 7) is 8.36. The van der Waals surface area contributed by atoms with Crippen molar-refractivity contribution in [2.45, 2.75) is 65.6 Å². The number of alkyl halides is 1. The van der Waals surface area contributed by atoms with Gasteiger partial charge < -0.3 is 13.8 Å². The molecule has 0 saturated carbocycles. The number of hydrogen-bond acceptors (Lipinski definition) is 5. The van der Waals surface area contributed by atoms with Gasteiger partial charge in [0.1, 0.15) is 0 Å². The fourth-order valence-electron chi connectivity index (χ4n) is 1.23. The Morgan fingerprint density at radius 3 is 2.00 bits per heavy atom. The number of hydrogen-bond donors (Lipinski definition) is 0. The van der Waals surface area contributed by atoms with E-state index in [0.29, 0.717) is 6.42 Å². The minimum Gasteiger partial charge on any atom is -0.463 e. The topological polar surface area (TPSA) is 61.8 Å². The lowest BCUT2D eigenvalue weighted by Gasteiger charge is -2.24. The standard InChI is InChI=1S/C12H24FO5P/c1-6-7-8-16-12(14)11(13)19(15,17-9(2)3)18-10(4)5/h9-11H,6-8H2,1-5H3. The summed E-state index contributed by atoms with van der Waals surface area (Å²) in [4.78, 5) is 11.5. The normalized spacial score (nSPS) is 13.9. The second-order valence-electron chi connectivity index (χ2n) is 4.71. The molecular weight excluding hydrogens is 274 g/mol. The van der Waals surface area contributed by atoms with Crippen LogP contribution in [0.3, 0.4) is 0 Å². The number of carbonyl (C=O) groups is 1. The molecule has 19 heavy (non-hydrogen) atoms. The first-order valence-electron chi connectivity index (χ1n) is 6.50. The summed E-state index contributed by atoms with van der Waals surface area (Å²) in [5.41, 5.74) is 0. The van der Waals surface area contributed by atoms with Gasteiger partial charge in [0.2, 0.25) is 0 Å². The molecule has 0 spiro atoms. The Bertz CT molecular complexity index is 305. The van der Waals surface area contributed by atoms with Gasteiger partial charge in [-0.2, -0.15) is 0 Å². The molecule has 0 fully saturated rings. The van der Waals surface area contributed by atoms with E-state index in [1.54, 1.807) is 27.7 Å². The minimum atomic E-state index is -4.17. The first kappa shape index (κ1) is 18.6. The van der Waals surface area contributed by atoms with Crippen molar-refractivity contribution < 1.29 is 27.5 Å². The maximum absolute atomic E-state index is 14.0. The van der Waals surface area contributed by atoms with E-state index in [9.17, 15) is 13.8 Å². The second kappa shape index (κ2) is 8.67. The Labute approximate surface area is 114 Å². The average molecular weight is 298 g/mol. The van der Waals surface area contributed by atoms with Gasteiger partial charge in [-0.05, 0) is 34.1 Å². The molecule has 0 aliphatic carbocycles. The lowest BCUT2D eigenvalue weighted by atomic mass is 10.4. The zero-order chi connectivity index (χ0) is 15.1. The third-order valence-electron chi connectivity index (χ3n) is 1.93. The Kier molecular flexibility index (Phi) is 8.46. The summed E-state index contributed by atoms with van der Waals surface area (Å²) >= 11 is 0. The van der Waals surface area contributed by atoms with Crippen molar-refractivity contribution in [1.82, 2.24) is 0 Å². The van der Waals surface area contributed by atoms with Gasteiger partial charge in [-0.3, -0.25) is 4.57 Å². The number of esters is 1. The van der Waals surface area contributed by atoms with E-state index in [0.717, 1.165) is 6.42 Å². The highest BCUT2D eigenvalue weighted by Gasteiger charge is 2.44. The third-order valence-corrected chi connectivity index (χ3v) is 4.13. The van der Waals surface area contributed by atoms with E-state index < -0.39 is 31.7 Å². The van der Waals surface area contributed by atoms with Gasteiger partial charge in [0, 0.05) is 0 Å². The predicted molar refractivity (Wildman–Crippen MR) is 70.8 cm³/mol. The lowest BCUT2D eigenvalue weighted by molar-refractivity contribution is -0.147. The van der Waals surface area contributed by atoms with Crippen LogP contribution in [0.1, 0.15) is 47.5 Å². The molecule has 0 aromatic heterocycles. The van der Waals surface area contributed by atoms with Crippen LogP contribution in [0.2, 0.25) is 0 Å². The molecule has 0 aromatic carbocycles. The van der Waals surface area contributed by atoms with Crippen molar-refractivity contribution in [3.8, 4) is 0 Å². The van der Waals surface area contributed by atoms with Gasteiger partial charge in [0.25, 0.3) is 5.91 Å². The molecule has 0 aliphatic rings. The number of rotatable bonds is 9. The highest BCUT2D eigenvalue weighted by Crippen LogP contribution is 2.56. The summed E-state index contributed by atoms with van der Waals surface area (Å²) in [6, 6.07) is 0. The molecule has 1 atom stereocenters. The highest BCUT2D eigenvalue weighted by atomic mass is 31.2. The summed E-state index contributed by atoms with van der Waals surface area (Å²) in [6.07, 6.45) is 0.392.